The zero-order valence-corrected chi connectivity index (χ0v) is 9.08. The summed E-state index contributed by atoms with van der Waals surface area (Å²) in [7, 11) is 0. The minimum absolute atomic E-state index is 1.01. The molecule has 0 radical (unpaired) electrons. The summed E-state index contributed by atoms with van der Waals surface area (Å²) >= 11 is 0. The highest BCUT2D eigenvalue weighted by atomic mass is 14.9. The van der Waals surface area contributed by atoms with E-state index in [1.54, 1.807) is 25.7 Å². The Hall–Kier alpha value is 0. The molecule has 0 bridgehead atoms. The lowest BCUT2D eigenvalue weighted by atomic mass is 9.25. The van der Waals surface area contributed by atoms with Gasteiger partial charge in [0.1, 0.15) is 0 Å². The predicted octanol–water partition coefficient (Wildman–Crippen LogP) is 3.32. The molecule has 5 aliphatic carbocycles. The molecule has 0 nitrogen and oxygen atoms in total. The summed E-state index contributed by atoms with van der Waals surface area (Å²) in [6.45, 7) is 2.46. The van der Waals surface area contributed by atoms with Crippen molar-refractivity contribution in [2.75, 3.05) is 0 Å². The fourth-order valence-electron chi connectivity index (χ4n) is 7.45. The Kier molecular flexibility index (Phi) is 0.954. The van der Waals surface area contributed by atoms with Crippen LogP contribution in [0.3, 0.4) is 0 Å². The van der Waals surface area contributed by atoms with Crippen LogP contribution < -0.4 is 0 Å². The van der Waals surface area contributed by atoms with Gasteiger partial charge in [0, 0.05) is 0 Å². The molecule has 0 aromatic carbocycles. The lowest BCUT2D eigenvalue weighted by molar-refractivity contribution is -0.313. The largest absolute Gasteiger partial charge is 0.0651 e. The normalized spacial score (nSPS) is 75.6. The minimum atomic E-state index is 1.01. The first-order chi connectivity index (χ1) is 6.89. The van der Waals surface area contributed by atoms with Gasteiger partial charge in [-0.1, -0.05) is 13.3 Å². The maximum absolute atomic E-state index is 2.46. The summed E-state index contributed by atoms with van der Waals surface area (Å²) in [5.41, 5.74) is 1.01. The van der Waals surface area contributed by atoms with Crippen LogP contribution in [-0.4, -0.2) is 0 Å². The maximum atomic E-state index is 2.46. The van der Waals surface area contributed by atoms with Crippen LogP contribution in [0.1, 0.15) is 39.0 Å². The van der Waals surface area contributed by atoms with Gasteiger partial charge in [0.2, 0.25) is 0 Å². The SMILES string of the molecule is CCC1C2CCC3C4CC5CC1C54C23. The molecule has 5 fully saturated rings. The molecule has 76 valence electrons. The molecule has 0 aliphatic heterocycles. The van der Waals surface area contributed by atoms with E-state index >= 15 is 0 Å². The maximum Gasteiger partial charge on any atom is -0.0173 e. The van der Waals surface area contributed by atoms with Crippen LogP contribution in [0.15, 0.2) is 0 Å². The first kappa shape index (κ1) is 7.30. The van der Waals surface area contributed by atoms with E-state index in [9.17, 15) is 0 Å². The van der Waals surface area contributed by atoms with Crippen LogP contribution in [0.25, 0.3) is 0 Å². The molecular formula is C14H20. The molecule has 5 aliphatic rings. The van der Waals surface area contributed by atoms with Gasteiger partial charge in [0.05, 0.1) is 0 Å². The van der Waals surface area contributed by atoms with Crippen molar-refractivity contribution >= 4 is 0 Å². The Morgan fingerprint density at radius 1 is 1.07 bits per heavy atom. The number of hydrogen-bond donors (Lipinski definition) is 0. The van der Waals surface area contributed by atoms with Crippen LogP contribution in [0.4, 0.5) is 0 Å². The van der Waals surface area contributed by atoms with Crippen molar-refractivity contribution in [2.24, 2.45) is 46.8 Å². The van der Waals surface area contributed by atoms with Gasteiger partial charge in [0.15, 0.2) is 0 Å². The van der Waals surface area contributed by atoms with Crippen LogP contribution in [0.5, 0.6) is 0 Å². The van der Waals surface area contributed by atoms with E-state index in [0.717, 1.165) is 5.41 Å². The third-order valence-corrected chi connectivity index (χ3v) is 7.46. The number of rotatable bonds is 1. The van der Waals surface area contributed by atoms with Crippen molar-refractivity contribution in [1.82, 2.24) is 0 Å². The van der Waals surface area contributed by atoms with Crippen LogP contribution in [0.2, 0.25) is 0 Å². The van der Waals surface area contributed by atoms with Gasteiger partial charge in [-0.25, -0.2) is 0 Å². The second kappa shape index (κ2) is 1.83. The Morgan fingerprint density at radius 2 is 1.86 bits per heavy atom. The molecule has 0 heteroatoms. The van der Waals surface area contributed by atoms with Gasteiger partial charge in [0.25, 0.3) is 0 Å². The van der Waals surface area contributed by atoms with Gasteiger partial charge in [-0.3, -0.25) is 0 Å². The number of fused-ring (bicyclic) bond motifs is 1. The minimum Gasteiger partial charge on any atom is -0.0651 e. The summed E-state index contributed by atoms with van der Waals surface area (Å²) in [4.78, 5) is 0. The van der Waals surface area contributed by atoms with Gasteiger partial charge >= 0.3 is 0 Å². The predicted molar refractivity (Wildman–Crippen MR) is 55.6 cm³/mol. The molecule has 0 N–H and O–H groups in total. The number of hydrogen-bond acceptors (Lipinski definition) is 0. The molecule has 0 aromatic heterocycles. The fourth-order valence-corrected chi connectivity index (χ4v) is 7.45. The van der Waals surface area contributed by atoms with Gasteiger partial charge in [-0.05, 0) is 72.5 Å². The Bertz CT molecular complexity index is 318. The first-order valence-electron chi connectivity index (χ1n) is 6.89. The summed E-state index contributed by atoms with van der Waals surface area (Å²) in [6, 6.07) is 0. The van der Waals surface area contributed by atoms with E-state index in [1.807, 2.05) is 0 Å². The lowest BCUT2D eigenvalue weighted by Gasteiger charge is -2.79. The topological polar surface area (TPSA) is 0 Å². The molecule has 0 aromatic rings. The molecule has 5 rings (SSSR count). The van der Waals surface area contributed by atoms with Crippen LogP contribution >= 0.6 is 0 Å². The summed E-state index contributed by atoms with van der Waals surface area (Å²) in [6.07, 6.45) is 8.04. The third-order valence-electron chi connectivity index (χ3n) is 7.46. The third kappa shape index (κ3) is 0.417. The van der Waals surface area contributed by atoms with E-state index in [2.05, 4.69) is 6.92 Å². The Labute approximate surface area is 86.5 Å². The molecule has 14 heavy (non-hydrogen) atoms. The molecule has 5 saturated carbocycles. The molecule has 8 atom stereocenters. The Morgan fingerprint density at radius 3 is 2.64 bits per heavy atom. The average molecular weight is 188 g/mol. The molecule has 8 unspecified atom stereocenters. The van der Waals surface area contributed by atoms with E-state index in [1.165, 1.54) is 47.8 Å². The second-order valence-electron chi connectivity index (χ2n) is 6.88. The summed E-state index contributed by atoms with van der Waals surface area (Å²) in [5, 5.41) is 0. The van der Waals surface area contributed by atoms with Gasteiger partial charge in [-0.2, -0.15) is 0 Å². The summed E-state index contributed by atoms with van der Waals surface area (Å²) < 4.78 is 0. The lowest BCUT2D eigenvalue weighted by Crippen LogP contribution is -2.74. The molecule has 0 heterocycles. The van der Waals surface area contributed by atoms with E-state index < -0.39 is 0 Å². The highest BCUT2D eigenvalue weighted by Gasteiger charge is 2.85. The van der Waals surface area contributed by atoms with Gasteiger partial charge < -0.3 is 0 Å². The highest BCUT2D eigenvalue weighted by molar-refractivity contribution is 5.33. The standard InChI is InChI=1S/C14H20/c1-2-8-9-3-4-10-12-6-7-5-11(8)14(7,12)13(9)10/h7-13H,2-6H2,1H3. The van der Waals surface area contributed by atoms with Crippen molar-refractivity contribution in [3.05, 3.63) is 0 Å². The molecule has 0 saturated heterocycles. The second-order valence-corrected chi connectivity index (χ2v) is 6.88. The van der Waals surface area contributed by atoms with Crippen LogP contribution in [-0.2, 0) is 0 Å². The zero-order valence-electron chi connectivity index (χ0n) is 9.08. The van der Waals surface area contributed by atoms with Crippen molar-refractivity contribution in [3.63, 3.8) is 0 Å². The fraction of sp³-hybridized carbons (Fsp3) is 1.00. The zero-order chi connectivity index (χ0) is 9.08. The van der Waals surface area contributed by atoms with E-state index in [-0.39, 0.29) is 0 Å². The highest BCUT2D eigenvalue weighted by Crippen LogP contribution is 2.90. The van der Waals surface area contributed by atoms with Crippen molar-refractivity contribution < 1.29 is 0 Å². The molecule has 1 spiro atoms. The average Bonchev–Trinajstić information content (AvgIpc) is 2.62. The van der Waals surface area contributed by atoms with Crippen molar-refractivity contribution in [2.45, 2.75) is 39.0 Å². The van der Waals surface area contributed by atoms with Crippen LogP contribution in [0, 0.1) is 46.8 Å². The quantitative estimate of drug-likeness (QED) is 0.592. The first-order valence-corrected chi connectivity index (χ1v) is 6.89. The monoisotopic (exact) mass is 188 g/mol. The summed E-state index contributed by atoms with van der Waals surface area (Å²) in [5.74, 6) is 8.57. The molecular weight excluding hydrogens is 168 g/mol. The smallest absolute Gasteiger partial charge is 0.0173 e. The van der Waals surface area contributed by atoms with E-state index in [0.29, 0.717) is 0 Å². The van der Waals surface area contributed by atoms with Crippen molar-refractivity contribution in [1.29, 1.82) is 0 Å². The van der Waals surface area contributed by atoms with Crippen molar-refractivity contribution in [3.8, 4) is 0 Å². The van der Waals surface area contributed by atoms with Gasteiger partial charge in [-0.15, -0.1) is 0 Å². The molecule has 0 amide bonds. The Balaban J connectivity index is 1.67. The van der Waals surface area contributed by atoms with E-state index in [4.69, 9.17) is 0 Å².